The second-order valence-electron chi connectivity index (χ2n) is 6.89. The third-order valence-corrected chi connectivity index (χ3v) is 4.74. The van der Waals surface area contributed by atoms with E-state index in [0.717, 1.165) is 17.7 Å². The molecule has 0 amide bonds. The number of hydrogen-bond acceptors (Lipinski definition) is 3. The van der Waals surface area contributed by atoms with Crippen molar-refractivity contribution in [1.29, 1.82) is 0 Å². The van der Waals surface area contributed by atoms with Crippen LogP contribution in [0.5, 0.6) is 5.75 Å². The van der Waals surface area contributed by atoms with Crippen molar-refractivity contribution in [2.75, 3.05) is 13.2 Å². The molecule has 2 aromatic carbocycles. The first-order valence-electron chi connectivity index (χ1n) is 9.11. The van der Waals surface area contributed by atoms with Crippen molar-refractivity contribution >= 4 is 0 Å². The van der Waals surface area contributed by atoms with Gasteiger partial charge in [0.2, 0.25) is 0 Å². The Morgan fingerprint density at radius 3 is 2.40 bits per heavy atom. The van der Waals surface area contributed by atoms with E-state index >= 15 is 0 Å². The fourth-order valence-corrected chi connectivity index (χ4v) is 2.87. The molecule has 0 aliphatic rings. The molecule has 0 radical (unpaired) electrons. The third-order valence-electron chi connectivity index (χ3n) is 4.74. The van der Waals surface area contributed by atoms with Gasteiger partial charge in [0.05, 0.1) is 0 Å². The Morgan fingerprint density at radius 2 is 1.76 bits per heavy atom. The lowest BCUT2D eigenvalue weighted by Gasteiger charge is -2.19. The Labute approximate surface area is 152 Å². The van der Waals surface area contributed by atoms with Crippen LogP contribution in [0.15, 0.2) is 36.4 Å². The topological polar surface area (TPSA) is 41.5 Å². The van der Waals surface area contributed by atoms with Crippen LogP contribution in [-0.4, -0.2) is 24.4 Å². The van der Waals surface area contributed by atoms with E-state index in [-0.39, 0.29) is 12.6 Å². The zero-order chi connectivity index (χ0) is 18.4. The number of aliphatic hydroxyl groups is 1. The molecule has 25 heavy (non-hydrogen) atoms. The van der Waals surface area contributed by atoms with E-state index in [0.29, 0.717) is 6.54 Å². The van der Waals surface area contributed by atoms with Crippen molar-refractivity contribution in [2.45, 2.75) is 53.2 Å². The van der Waals surface area contributed by atoms with Crippen molar-refractivity contribution in [1.82, 2.24) is 5.32 Å². The number of hydrogen-bond donors (Lipinski definition) is 2. The molecule has 2 aromatic rings. The van der Waals surface area contributed by atoms with Crippen molar-refractivity contribution in [3.63, 3.8) is 0 Å². The van der Waals surface area contributed by atoms with Gasteiger partial charge in [-0.3, -0.25) is 0 Å². The summed E-state index contributed by atoms with van der Waals surface area (Å²) in [4.78, 5) is 0. The van der Waals surface area contributed by atoms with E-state index in [1.54, 1.807) is 0 Å². The average molecular weight is 341 g/mol. The van der Waals surface area contributed by atoms with Crippen LogP contribution in [0.3, 0.4) is 0 Å². The summed E-state index contributed by atoms with van der Waals surface area (Å²) in [6.07, 6.45) is 0.508. The SMILES string of the molecule is CCc1ccc(C(C)NCC(O)COc2cc(C)cc(C)c2C)cc1. The molecule has 0 heterocycles. The summed E-state index contributed by atoms with van der Waals surface area (Å²) in [5.74, 6) is 0.861. The maximum absolute atomic E-state index is 10.2. The lowest BCUT2D eigenvalue weighted by molar-refractivity contribution is 0.104. The fraction of sp³-hybridized carbons (Fsp3) is 0.455. The zero-order valence-corrected chi connectivity index (χ0v) is 16.1. The van der Waals surface area contributed by atoms with Crippen LogP contribution in [0.1, 0.15) is 47.7 Å². The van der Waals surface area contributed by atoms with E-state index in [4.69, 9.17) is 4.74 Å². The standard InChI is InChI=1S/C22H31NO2/c1-6-19-7-9-20(10-8-19)18(5)23-13-21(24)14-25-22-12-15(2)11-16(3)17(22)4/h7-12,18,21,23-24H,6,13-14H2,1-5H3. The van der Waals surface area contributed by atoms with Crippen LogP contribution in [0.4, 0.5) is 0 Å². The van der Waals surface area contributed by atoms with Crippen molar-refractivity contribution in [3.05, 3.63) is 64.2 Å². The summed E-state index contributed by atoms with van der Waals surface area (Å²) in [6, 6.07) is 13.0. The molecule has 0 spiro atoms. The second kappa shape index (κ2) is 9.02. The Kier molecular flexibility index (Phi) is 7.03. The van der Waals surface area contributed by atoms with E-state index in [9.17, 15) is 5.11 Å². The Morgan fingerprint density at radius 1 is 1.08 bits per heavy atom. The number of aryl methyl sites for hydroxylation is 3. The van der Waals surface area contributed by atoms with Crippen molar-refractivity contribution in [2.24, 2.45) is 0 Å². The van der Waals surface area contributed by atoms with E-state index in [1.165, 1.54) is 22.3 Å². The molecule has 136 valence electrons. The minimum absolute atomic E-state index is 0.198. The molecule has 2 N–H and O–H groups in total. The van der Waals surface area contributed by atoms with Crippen molar-refractivity contribution < 1.29 is 9.84 Å². The summed E-state index contributed by atoms with van der Waals surface area (Å²) in [5, 5.41) is 13.6. The summed E-state index contributed by atoms with van der Waals surface area (Å²) in [6.45, 7) is 11.3. The highest BCUT2D eigenvalue weighted by Crippen LogP contribution is 2.23. The predicted octanol–water partition coefficient (Wildman–Crippen LogP) is 4.26. The number of rotatable bonds is 8. The van der Waals surface area contributed by atoms with Crippen LogP contribution in [0.2, 0.25) is 0 Å². The highest BCUT2D eigenvalue weighted by atomic mass is 16.5. The molecule has 2 unspecified atom stereocenters. The molecule has 0 saturated heterocycles. The molecule has 0 saturated carbocycles. The van der Waals surface area contributed by atoms with Gasteiger partial charge in [-0.25, -0.2) is 0 Å². The lowest BCUT2D eigenvalue weighted by Crippen LogP contribution is -2.33. The first-order valence-corrected chi connectivity index (χ1v) is 9.11. The monoisotopic (exact) mass is 341 g/mol. The van der Waals surface area contributed by atoms with Gasteiger partial charge in [0.15, 0.2) is 0 Å². The first-order chi connectivity index (χ1) is 11.9. The van der Waals surface area contributed by atoms with E-state index in [1.807, 2.05) is 6.07 Å². The van der Waals surface area contributed by atoms with Gasteiger partial charge in [0.25, 0.3) is 0 Å². The van der Waals surface area contributed by atoms with Gasteiger partial charge >= 0.3 is 0 Å². The largest absolute Gasteiger partial charge is 0.491 e. The van der Waals surface area contributed by atoms with Crippen LogP contribution in [-0.2, 0) is 6.42 Å². The van der Waals surface area contributed by atoms with Gasteiger partial charge in [-0.05, 0) is 68.0 Å². The summed E-state index contributed by atoms with van der Waals surface area (Å²) >= 11 is 0. The Hall–Kier alpha value is -1.84. The van der Waals surface area contributed by atoms with Gasteiger partial charge in [-0.1, -0.05) is 37.3 Å². The van der Waals surface area contributed by atoms with Crippen LogP contribution >= 0.6 is 0 Å². The molecular formula is C22H31NO2. The highest BCUT2D eigenvalue weighted by Gasteiger charge is 2.11. The minimum atomic E-state index is -0.544. The molecular weight excluding hydrogens is 310 g/mol. The lowest BCUT2D eigenvalue weighted by atomic mass is 10.0. The summed E-state index contributed by atoms with van der Waals surface area (Å²) < 4.78 is 5.84. The van der Waals surface area contributed by atoms with Crippen LogP contribution in [0, 0.1) is 20.8 Å². The molecule has 0 aliphatic heterocycles. The van der Waals surface area contributed by atoms with Gasteiger partial charge in [-0.15, -0.1) is 0 Å². The maximum Gasteiger partial charge on any atom is 0.122 e. The smallest absolute Gasteiger partial charge is 0.122 e. The summed E-state index contributed by atoms with van der Waals surface area (Å²) in [5.41, 5.74) is 6.10. The normalized spacial score (nSPS) is 13.5. The molecule has 2 atom stereocenters. The Bertz CT molecular complexity index is 679. The molecule has 3 heteroatoms. The van der Waals surface area contributed by atoms with E-state index in [2.05, 4.69) is 70.3 Å². The molecule has 0 aromatic heterocycles. The number of aliphatic hydroxyl groups excluding tert-OH is 1. The quantitative estimate of drug-likeness (QED) is 0.753. The number of benzene rings is 2. The summed E-state index contributed by atoms with van der Waals surface area (Å²) in [7, 11) is 0. The van der Waals surface area contributed by atoms with Gasteiger partial charge < -0.3 is 15.2 Å². The third kappa shape index (κ3) is 5.58. The molecule has 0 bridgehead atoms. The molecule has 0 fully saturated rings. The average Bonchev–Trinajstić information content (AvgIpc) is 2.61. The van der Waals surface area contributed by atoms with Gasteiger partial charge in [-0.2, -0.15) is 0 Å². The fourth-order valence-electron chi connectivity index (χ4n) is 2.87. The van der Waals surface area contributed by atoms with Gasteiger partial charge in [0.1, 0.15) is 18.5 Å². The molecule has 0 aliphatic carbocycles. The van der Waals surface area contributed by atoms with Crippen LogP contribution < -0.4 is 10.1 Å². The first kappa shape index (κ1) is 19.5. The number of ether oxygens (including phenoxy) is 1. The maximum atomic E-state index is 10.2. The highest BCUT2D eigenvalue weighted by molar-refractivity contribution is 5.41. The second-order valence-corrected chi connectivity index (χ2v) is 6.89. The number of nitrogens with one attached hydrogen (secondary N) is 1. The Balaban J connectivity index is 1.83. The van der Waals surface area contributed by atoms with E-state index < -0.39 is 6.10 Å². The van der Waals surface area contributed by atoms with Crippen molar-refractivity contribution in [3.8, 4) is 5.75 Å². The zero-order valence-electron chi connectivity index (χ0n) is 16.1. The molecule has 3 nitrogen and oxygen atoms in total. The molecule has 2 rings (SSSR count). The minimum Gasteiger partial charge on any atom is -0.491 e. The van der Waals surface area contributed by atoms with Gasteiger partial charge in [0, 0.05) is 12.6 Å². The van der Waals surface area contributed by atoms with Crippen LogP contribution in [0.25, 0.3) is 0 Å². The predicted molar refractivity (Wildman–Crippen MR) is 104 cm³/mol.